The molecule has 0 aliphatic rings. The first-order valence-electron chi connectivity index (χ1n) is 11.1. The second kappa shape index (κ2) is 11.3. The lowest BCUT2D eigenvalue weighted by molar-refractivity contribution is 0.102. The van der Waals surface area contributed by atoms with Crippen LogP contribution in [0.2, 0.25) is 0 Å². The minimum Gasteiger partial charge on any atom is -0.492 e. The lowest BCUT2D eigenvalue weighted by Gasteiger charge is -2.30. The molecule has 3 rings (SSSR count). The Labute approximate surface area is 191 Å². The number of nitrogens with one attached hydrogen (secondary N) is 1. The summed E-state index contributed by atoms with van der Waals surface area (Å²) in [5.41, 5.74) is 1.25. The molecule has 0 atom stereocenters. The molecule has 3 aromatic carbocycles. The van der Waals surface area contributed by atoms with Gasteiger partial charge in [0.1, 0.15) is 23.9 Å². The number of carbonyl (C=O) groups excluding carboxylic acids is 1. The number of rotatable bonds is 10. The Bertz CT molecular complexity index is 977. The van der Waals surface area contributed by atoms with Crippen molar-refractivity contribution in [3.63, 3.8) is 0 Å². The highest BCUT2D eigenvalue weighted by Gasteiger charge is 2.13. The van der Waals surface area contributed by atoms with Crippen molar-refractivity contribution in [2.75, 3.05) is 18.5 Å². The van der Waals surface area contributed by atoms with E-state index in [4.69, 9.17) is 9.47 Å². The third-order valence-corrected chi connectivity index (χ3v) is 5.13. The maximum Gasteiger partial charge on any atom is 0.255 e. The number of hydrogen-bond acceptors (Lipinski definition) is 4. The SMILES string of the molecule is CC(C)N(CCOc1cccc(NC(=O)c2ccc(Oc3ccccc3)cc2)c1)C(C)C. The Kier molecular flexibility index (Phi) is 8.28. The van der Waals surface area contributed by atoms with Crippen LogP contribution in [0.25, 0.3) is 0 Å². The minimum absolute atomic E-state index is 0.181. The molecule has 0 aromatic heterocycles. The Morgan fingerprint density at radius 1 is 0.812 bits per heavy atom. The number of carbonyl (C=O) groups is 1. The second-order valence-corrected chi connectivity index (χ2v) is 8.20. The van der Waals surface area contributed by atoms with E-state index in [1.54, 1.807) is 24.3 Å². The third kappa shape index (κ3) is 6.86. The molecule has 0 unspecified atom stereocenters. The van der Waals surface area contributed by atoms with Crippen LogP contribution in [-0.2, 0) is 0 Å². The van der Waals surface area contributed by atoms with Crippen LogP contribution in [0.1, 0.15) is 38.1 Å². The van der Waals surface area contributed by atoms with Crippen LogP contribution in [0, 0.1) is 0 Å². The van der Waals surface area contributed by atoms with Gasteiger partial charge in [0.25, 0.3) is 5.91 Å². The molecule has 0 aliphatic carbocycles. The summed E-state index contributed by atoms with van der Waals surface area (Å²) >= 11 is 0. The molecule has 5 nitrogen and oxygen atoms in total. The lowest BCUT2D eigenvalue weighted by Crippen LogP contribution is -2.39. The predicted octanol–water partition coefficient (Wildman–Crippen LogP) is 6.23. The number of amides is 1. The number of ether oxygens (including phenoxy) is 2. The van der Waals surface area contributed by atoms with Crippen LogP contribution >= 0.6 is 0 Å². The Morgan fingerprint density at radius 2 is 1.44 bits per heavy atom. The number of hydrogen-bond donors (Lipinski definition) is 1. The zero-order chi connectivity index (χ0) is 22.9. The van der Waals surface area contributed by atoms with Crippen molar-refractivity contribution >= 4 is 11.6 Å². The van der Waals surface area contributed by atoms with Gasteiger partial charge in [0.15, 0.2) is 0 Å². The van der Waals surface area contributed by atoms with E-state index in [0.29, 0.717) is 35.7 Å². The zero-order valence-electron chi connectivity index (χ0n) is 19.2. The fourth-order valence-electron chi connectivity index (χ4n) is 3.55. The Hall–Kier alpha value is -3.31. The van der Waals surface area contributed by atoms with Gasteiger partial charge < -0.3 is 14.8 Å². The van der Waals surface area contributed by atoms with E-state index in [1.807, 2.05) is 54.6 Å². The van der Waals surface area contributed by atoms with Crippen molar-refractivity contribution in [3.8, 4) is 17.2 Å². The van der Waals surface area contributed by atoms with Gasteiger partial charge in [0.2, 0.25) is 0 Å². The number of para-hydroxylation sites is 1. The lowest BCUT2D eigenvalue weighted by atomic mass is 10.2. The fraction of sp³-hybridized carbons (Fsp3) is 0.296. The summed E-state index contributed by atoms with van der Waals surface area (Å²) in [5, 5.41) is 2.93. The van der Waals surface area contributed by atoms with Crippen LogP contribution in [0.4, 0.5) is 5.69 Å². The van der Waals surface area contributed by atoms with Gasteiger partial charge >= 0.3 is 0 Å². The molecule has 1 N–H and O–H groups in total. The van der Waals surface area contributed by atoms with Gasteiger partial charge in [-0.15, -0.1) is 0 Å². The summed E-state index contributed by atoms with van der Waals surface area (Å²) < 4.78 is 11.7. The van der Waals surface area contributed by atoms with Gasteiger partial charge in [-0.3, -0.25) is 9.69 Å². The number of anilines is 1. The number of nitrogens with zero attached hydrogens (tertiary/aromatic N) is 1. The molecule has 0 saturated carbocycles. The standard InChI is InChI=1S/C27H32N2O3/c1-20(2)29(21(3)4)17-18-31-26-12-8-9-23(19-26)28-27(30)22-13-15-25(16-14-22)32-24-10-6-5-7-11-24/h5-16,19-21H,17-18H2,1-4H3,(H,28,30). The maximum atomic E-state index is 12.6. The summed E-state index contributed by atoms with van der Waals surface area (Å²) in [5.74, 6) is 1.99. The molecule has 0 aliphatic heterocycles. The topological polar surface area (TPSA) is 50.8 Å². The van der Waals surface area contributed by atoms with Crippen LogP contribution in [0.3, 0.4) is 0 Å². The van der Waals surface area contributed by atoms with Crippen molar-refractivity contribution < 1.29 is 14.3 Å². The van der Waals surface area contributed by atoms with Crippen LogP contribution in [0.5, 0.6) is 17.2 Å². The predicted molar refractivity (Wildman–Crippen MR) is 130 cm³/mol. The second-order valence-electron chi connectivity index (χ2n) is 8.20. The molecule has 1 amide bonds. The highest BCUT2D eigenvalue weighted by atomic mass is 16.5. The van der Waals surface area contributed by atoms with Crippen LogP contribution in [-0.4, -0.2) is 36.0 Å². The monoisotopic (exact) mass is 432 g/mol. The van der Waals surface area contributed by atoms with Gasteiger partial charge in [-0.1, -0.05) is 24.3 Å². The average molecular weight is 433 g/mol. The van der Waals surface area contributed by atoms with Gasteiger partial charge in [0.05, 0.1) is 0 Å². The van der Waals surface area contributed by atoms with Crippen molar-refractivity contribution in [1.29, 1.82) is 0 Å². The molecule has 32 heavy (non-hydrogen) atoms. The molecular formula is C27H32N2O3. The molecule has 0 saturated heterocycles. The summed E-state index contributed by atoms with van der Waals surface area (Å²) in [7, 11) is 0. The van der Waals surface area contributed by atoms with E-state index in [2.05, 4.69) is 37.9 Å². The molecule has 0 fully saturated rings. The summed E-state index contributed by atoms with van der Waals surface area (Å²) in [6.07, 6.45) is 0. The largest absolute Gasteiger partial charge is 0.492 e. The van der Waals surface area contributed by atoms with Gasteiger partial charge in [-0.05, 0) is 76.2 Å². The Balaban J connectivity index is 1.55. The quantitative estimate of drug-likeness (QED) is 0.413. The van der Waals surface area contributed by atoms with Crippen LogP contribution < -0.4 is 14.8 Å². The first kappa shape index (κ1) is 23.4. The molecule has 168 valence electrons. The van der Waals surface area contributed by atoms with Crippen molar-refractivity contribution in [2.24, 2.45) is 0 Å². The van der Waals surface area contributed by atoms with Gasteiger partial charge in [-0.25, -0.2) is 0 Å². The van der Waals surface area contributed by atoms with Crippen molar-refractivity contribution in [3.05, 3.63) is 84.4 Å². The third-order valence-electron chi connectivity index (χ3n) is 5.13. The van der Waals surface area contributed by atoms with Gasteiger partial charge in [-0.2, -0.15) is 0 Å². The van der Waals surface area contributed by atoms with E-state index in [9.17, 15) is 4.79 Å². The summed E-state index contributed by atoms with van der Waals surface area (Å²) in [4.78, 5) is 15.0. The highest BCUT2D eigenvalue weighted by molar-refractivity contribution is 6.04. The van der Waals surface area contributed by atoms with E-state index in [-0.39, 0.29) is 5.91 Å². The molecule has 0 heterocycles. The summed E-state index contributed by atoms with van der Waals surface area (Å²) in [6.45, 7) is 10.2. The van der Waals surface area contributed by atoms with E-state index >= 15 is 0 Å². The zero-order valence-corrected chi connectivity index (χ0v) is 19.2. The van der Waals surface area contributed by atoms with E-state index in [1.165, 1.54) is 0 Å². The van der Waals surface area contributed by atoms with Crippen LogP contribution in [0.15, 0.2) is 78.9 Å². The average Bonchev–Trinajstić information content (AvgIpc) is 2.77. The van der Waals surface area contributed by atoms with Crippen molar-refractivity contribution in [2.45, 2.75) is 39.8 Å². The maximum absolute atomic E-state index is 12.6. The van der Waals surface area contributed by atoms with Gasteiger partial charge in [0, 0.05) is 35.9 Å². The Morgan fingerprint density at radius 3 is 2.09 bits per heavy atom. The summed E-state index contributed by atoms with van der Waals surface area (Å²) in [6, 6.07) is 25.0. The fourth-order valence-corrected chi connectivity index (χ4v) is 3.55. The molecule has 5 heteroatoms. The first-order chi connectivity index (χ1) is 15.4. The smallest absolute Gasteiger partial charge is 0.255 e. The minimum atomic E-state index is -0.181. The highest BCUT2D eigenvalue weighted by Crippen LogP contribution is 2.22. The van der Waals surface area contributed by atoms with E-state index in [0.717, 1.165) is 18.0 Å². The molecule has 0 spiro atoms. The normalized spacial score (nSPS) is 11.1. The number of benzene rings is 3. The molecule has 3 aromatic rings. The molecule has 0 bridgehead atoms. The van der Waals surface area contributed by atoms with Crippen molar-refractivity contribution in [1.82, 2.24) is 4.90 Å². The first-order valence-corrected chi connectivity index (χ1v) is 11.1. The molecule has 0 radical (unpaired) electrons. The van der Waals surface area contributed by atoms with E-state index < -0.39 is 0 Å². The molecular weight excluding hydrogens is 400 g/mol.